The molecule has 0 N–H and O–H groups in total. The predicted octanol–water partition coefficient (Wildman–Crippen LogP) is 5.83. The molecule has 0 aromatic heterocycles. The molecule has 0 aliphatic carbocycles. The third-order valence-corrected chi connectivity index (χ3v) is 9.07. The van der Waals surface area contributed by atoms with Gasteiger partial charge in [-0.3, -0.25) is 0 Å². The van der Waals surface area contributed by atoms with E-state index in [1.54, 1.807) is 14.2 Å². The molecule has 4 heteroatoms. The molecule has 0 bridgehead atoms. The van der Waals surface area contributed by atoms with Crippen molar-refractivity contribution in [2.45, 2.75) is 0 Å². The zero-order valence-corrected chi connectivity index (χ0v) is 20.5. The van der Waals surface area contributed by atoms with Crippen molar-refractivity contribution in [1.82, 2.24) is 0 Å². The first-order valence-electron chi connectivity index (χ1n) is 10.7. The van der Waals surface area contributed by atoms with Crippen LogP contribution in [0.4, 0.5) is 0 Å². The summed E-state index contributed by atoms with van der Waals surface area (Å²) in [7, 11) is 3.90. The van der Waals surface area contributed by atoms with Crippen molar-refractivity contribution in [3.63, 3.8) is 0 Å². The average molecular weight is 460 g/mol. The van der Waals surface area contributed by atoms with Gasteiger partial charge in [-0.05, 0) is 49.1 Å². The van der Waals surface area contributed by atoms with E-state index in [0.29, 0.717) is 0 Å². The first kappa shape index (κ1) is 24.0. The average Bonchev–Trinajstić information content (AvgIpc) is 2.89. The van der Waals surface area contributed by atoms with Crippen LogP contribution in [0.2, 0.25) is 0 Å². The first-order valence-corrected chi connectivity index (χ1v) is 13.4. The van der Waals surface area contributed by atoms with Gasteiger partial charge in [-0.25, -0.2) is 0 Å². The largest absolute Gasteiger partial charge is 0.497 e. The Morgan fingerprint density at radius 3 is 1.78 bits per heavy atom. The Morgan fingerprint density at radius 1 is 0.625 bits per heavy atom. The number of rotatable bonds is 8. The molecule has 0 aliphatic heterocycles. The molecule has 164 valence electrons. The van der Waals surface area contributed by atoms with Crippen LogP contribution in [0.3, 0.4) is 0 Å². The number of hydrogen-bond acceptors (Lipinski definition) is 2. The minimum Gasteiger partial charge on any atom is -0.497 e. The number of benzene rings is 4. The van der Waals surface area contributed by atoms with Gasteiger partial charge < -0.3 is 9.47 Å². The van der Waals surface area contributed by atoms with E-state index in [1.165, 1.54) is 28.2 Å². The normalized spacial score (nSPS) is 11.4. The molecule has 4 rings (SSSR count). The maximum atomic E-state index is 5.63. The summed E-state index contributed by atoms with van der Waals surface area (Å²) in [4.78, 5) is 0. The molecule has 0 radical (unpaired) electrons. The van der Waals surface area contributed by atoms with Crippen LogP contribution in [0.25, 0.3) is 0 Å². The van der Waals surface area contributed by atoms with Gasteiger partial charge in [0.1, 0.15) is 11.5 Å². The van der Waals surface area contributed by atoms with Crippen molar-refractivity contribution in [1.29, 1.82) is 0 Å². The number of hydrogen-bond donors (Lipinski definition) is 0. The van der Waals surface area contributed by atoms with Gasteiger partial charge in [0.05, 0.1) is 14.2 Å². The summed E-state index contributed by atoms with van der Waals surface area (Å²) in [6.45, 7) is 0. The quantitative estimate of drug-likeness (QED) is 0.308. The highest BCUT2D eigenvalue weighted by Crippen LogP contribution is 2.38. The third kappa shape index (κ3) is 7.49. The second-order valence-electron chi connectivity index (χ2n) is 6.97. The fourth-order valence-corrected chi connectivity index (χ4v) is 7.34. The molecule has 4 aromatic carbocycles. The van der Waals surface area contributed by atoms with Gasteiger partial charge in [0.2, 0.25) is 0 Å². The van der Waals surface area contributed by atoms with Gasteiger partial charge in [0, 0.05) is 5.30 Å². The molecule has 0 saturated heterocycles. The van der Waals surface area contributed by atoms with Crippen LogP contribution in [0.1, 0.15) is 0 Å². The van der Waals surface area contributed by atoms with Gasteiger partial charge >= 0.3 is 0 Å². The molecule has 2 nitrogen and oxygen atoms in total. The van der Waals surface area contributed by atoms with Gasteiger partial charge in [0.15, 0.2) is 0 Å². The lowest BCUT2D eigenvalue weighted by atomic mass is 10.3. The highest BCUT2D eigenvalue weighted by atomic mass is 31.1. The lowest BCUT2D eigenvalue weighted by Gasteiger charge is -2.21. The SMILES string of the molecule is COc1ccccc1.COc1ccccc1[P@](CCPc1ccccc1)c1ccccc1. The van der Waals surface area contributed by atoms with Crippen molar-refractivity contribution >= 4 is 32.4 Å². The molecule has 0 fully saturated rings. The summed E-state index contributed by atoms with van der Waals surface area (Å²) in [5, 5.41) is 4.22. The molecule has 4 aromatic rings. The standard InChI is InChI=1S/C21H22OP2.C7H8O/c1-22-20-14-8-9-15-21(20)24(19-12-6-3-7-13-19)17-16-23-18-10-4-2-5-11-18;1-8-7-5-3-2-4-6-7/h2-15,23H,16-17H2,1H3;2-6H,1H3/t24-;/m1./s1. The Bertz CT molecular complexity index is 1020. The van der Waals surface area contributed by atoms with E-state index >= 15 is 0 Å². The smallest absolute Gasteiger partial charge is 0.126 e. The van der Waals surface area contributed by atoms with Crippen LogP contribution in [-0.4, -0.2) is 26.5 Å². The molecule has 0 heterocycles. The molecular formula is C28H30O2P2. The molecule has 32 heavy (non-hydrogen) atoms. The summed E-state index contributed by atoms with van der Waals surface area (Å²) in [5.41, 5.74) is 0. The fourth-order valence-electron chi connectivity index (χ4n) is 3.27. The van der Waals surface area contributed by atoms with Crippen LogP contribution in [-0.2, 0) is 0 Å². The van der Waals surface area contributed by atoms with E-state index in [9.17, 15) is 0 Å². The second-order valence-corrected chi connectivity index (χ2v) is 10.7. The summed E-state index contributed by atoms with van der Waals surface area (Å²) >= 11 is 0. The van der Waals surface area contributed by atoms with E-state index in [2.05, 4.69) is 78.9 Å². The van der Waals surface area contributed by atoms with Crippen molar-refractivity contribution in [3.05, 3.63) is 115 Å². The van der Waals surface area contributed by atoms with Crippen LogP contribution >= 0.6 is 16.5 Å². The number of ether oxygens (including phenoxy) is 2. The van der Waals surface area contributed by atoms with E-state index < -0.39 is 7.92 Å². The molecule has 0 spiro atoms. The van der Waals surface area contributed by atoms with Gasteiger partial charge in [-0.1, -0.05) is 106 Å². The molecule has 0 saturated carbocycles. The maximum absolute atomic E-state index is 5.63. The Kier molecular flexibility index (Phi) is 10.3. The van der Waals surface area contributed by atoms with Crippen molar-refractivity contribution in [2.75, 3.05) is 26.5 Å². The Hall–Kier alpha value is -2.66. The van der Waals surface area contributed by atoms with E-state index in [0.717, 1.165) is 20.1 Å². The monoisotopic (exact) mass is 460 g/mol. The topological polar surface area (TPSA) is 18.5 Å². The van der Waals surface area contributed by atoms with Crippen LogP contribution < -0.4 is 25.4 Å². The minimum absolute atomic E-state index is 0.392. The highest BCUT2D eigenvalue weighted by Gasteiger charge is 2.17. The van der Waals surface area contributed by atoms with E-state index in [-0.39, 0.29) is 0 Å². The summed E-state index contributed by atoms with van der Waals surface area (Å²) in [5.74, 6) is 1.92. The molecule has 1 unspecified atom stereocenters. The summed E-state index contributed by atoms with van der Waals surface area (Å²) in [6, 6.07) is 39.8. The zero-order valence-electron chi connectivity index (χ0n) is 18.6. The van der Waals surface area contributed by atoms with E-state index in [4.69, 9.17) is 9.47 Å². The molecule has 0 amide bonds. The van der Waals surface area contributed by atoms with Gasteiger partial charge in [-0.15, -0.1) is 0 Å². The lowest BCUT2D eigenvalue weighted by Crippen LogP contribution is -2.17. The number of methoxy groups -OCH3 is 2. The minimum atomic E-state index is -0.392. The van der Waals surface area contributed by atoms with E-state index in [1.807, 2.05) is 36.4 Å². The van der Waals surface area contributed by atoms with Crippen LogP contribution in [0.15, 0.2) is 115 Å². The summed E-state index contributed by atoms with van der Waals surface area (Å²) < 4.78 is 10.5. The molecular weight excluding hydrogens is 430 g/mol. The first-order chi connectivity index (χ1) is 15.8. The van der Waals surface area contributed by atoms with Crippen LogP contribution in [0.5, 0.6) is 11.5 Å². The van der Waals surface area contributed by atoms with Gasteiger partial charge in [0.25, 0.3) is 0 Å². The number of para-hydroxylation sites is 2. The van der Waals surface area contributed by atoms with Gasteiger partial charge in [-0.2, -0.15) is 0 Å². The lowest BCUT2D eigenvalue weighted by molar-refractivity contribution is 0.415. The van der Waals surface area contributed by atoms with Crippen molar-refractivity contribution in [3.8, 4) is 11.5 Å². The predicted molar refractivity (Wildman–Crippen MR) is 143 cm³/mol. The summed E-state index contributed by atoms with van der Waals surface area (Å²) in [6.07, 6.45) is 2.40. The fraction of sp³-hybridized carbons (Fsp3) is 0.143. The Labute approximate surface area is 195 Å². The Balaban J connectivity index is 0.000000305. The maximum Gasteiger partial charge on any atom is 0.126 e. The van der Waals surface area contributed by atoms with Crippen LogP contribution in [0, 0.1) is 0 Å². The second kappa shape index (κ2) is 13.7. The van der Waals surface area contributed by atoms with Crippen molar-refractivity contribution in [2.24, 2.45) is 0 Å². The molecule has 2 atom stereocenters. The highest BCUT2D eigenvalue weighted by molar-refractivity contribution is 7.73. The third-order valence-electron chi connectivity index (χ3n) is 4.86. The molecule has 0 aliphatic rings. The zero-order chi connectivity index (χ0) is 22.4. The Morgan fingerprint density at radius 2 is 1.19 bits per heavy atom. The van der Waals surface area contributed by atoms with Crippen molar-refractivity contribution < 1.29 is 9.47 Å².